The first kappa shape index (κ1) is 7.88. The Morgan fingerprint density at radius 3 is 2.90 bits per heavy atom. The Morgan fingerprint density at radius 2 is 2.50 bits per heavy atom. The fourth-order valence-corrected chi connectivity index (χ4v) is 1.84. The molecule has 58 valence electrons. The number of hydrogen-bond donors (Lipinski definition) is 2. The maximum Gasteiger partial charge on any atom is 0.151 e. The third kappa shape index (κ3) is 1.88. The van der Waals surface area contributed by atoms with Gasteiger partial charge in [-0.25, -0.2) is 0 Å². The number of rotatable bonds is 1. The molecule has 0 aromatic rings. The van der Waals surface area contributed by atoms with Crippen molar-refractivity contribution in [3.8, 4) is 0 Å². The van der Waals surface area contributed by atoms with Gasteiger partial charge >= 0.3 is 0 Å². The second-order valence-corrected chi connectivity index (χ2v) is 3.67. The highest BCUT2D eigenvalue weighted by atomic mass is 32.2. The van der Waals surface area contributed by atoms with Gasteiger partial charge < -0.3 is 10.5 Å². The van der Waals surface area contributed by atoms with E-state index in [2.05, 4.69) is 0 Å². The first-order chi connectivity index (χ1) is 4.70. The van der Waals surface area contributed by atoms with E-state index in [0.717, 1.165) is 13.0 Å². The molecule has 1 aliphatic rings. The molecule has 0 aromatic heterocycles. The van der Waals surface area contributed by atoms with Crippen LogP contribution in [0.2, 0.25) is 0 Å². The van der Waals surface area contributed by atoms with Crippen molar-refractivity contribution in [2.75, 3.05) is 6.61 Å². The third-order valence-corrected chi connectivity index (χ3v) is 2.76. The molecular weight excluding hydrogens is 148 g/mol. The molecule has 3 N–H and O–H groups in total. The van der Waals surface area contributed by atoms with Crippen molar-refractivity contribution in [1.29, 1.82) is 5.41 Å². The zero-order chi connectivity index (χ0) is 7.56. The summed E-state index contributed by atoms with van der Waals surface area (Å²) in [4.78, 5) is 0. The van der Waals surface area contributed by atoms with Gasteiger partial charge in [0.05, 0.1) is 6.10 Å². The largest absolute Gasteiger partial charge is 0.379 e. The van der Waals surface area contributed by atoms with Gasteiger partial charge in [-0.05, 0) is 13.3 Å². The zero-order valence-electron chi connectivity index (χ0n) is 5.96. The van der Waals surface area contributed by atoms with E-state index >= 15 is 0 Å². The van der Waals surface area contributed by atoms with Crippen LogP contribution in [0.5, 0.6) is 0 Å². The highest BCUT2D eigenvalue weighted by Crippen LogP contribution is 2.25. The van der Waals surface area contributed by atoms with Gasteiger partial charge in [-0.1, -0.05) is 11.8 Å². The summed E-state index contributed by atoms with van der Waals surface area (Å²) in [5.74, 6) is 0. The van der Waals surface area contributed by atoms with Crippen molar-refractivity contribution in [1.82, 2.24) is 0 Å². The Morgan fingerprint density at radius 1 is 1.80 bits per heavy atom. The van der Waals surface area contributed by atoms with Crippen molar-refractivity contribution in [2.45, 2.75) is 24.7 Å². The summed E-state index contributed by atoms with van der Waals surface area (Å²) in [5, 5.41) is 7.63. The van der Waals surface area contributed by atoms with Crippen LogP contribution in [0.3, 0.4) is 0 Å². The van der Waals surface area contributed by atoms with Gasteiger partial charge in [-0.15, -0.1) is 0 Å². The molecule has 1 rings (SSSR count). The lowest BCUT2D eigenvalue weighted by molar-refractivity contribution is 0.127. The summed E-state index contributed by atoms with van der Waals surface area (Å²) >= 11 is 1.41. The molecule has 1 aliphatic heterocycles. The van der Waals surface area contributed by atoms with E-state index in [1.54, 1.807) is 0 Å². The van der Waals surface area contributed by atoms with Gasteiger partial charge in [0.25, 0.3) is 0 Å². The van der Waals surface area contributed by atoms with Crippen LogP contribution in [0.4, 0.5) is 0 Å². The summed E-state index contributed by atoms with van der Waals surface area (Å²) in [6.45, 7) is 2.83. The maximum absolute atomic E-state index is 7.03. The van der Waals surface area contributed by atoms with E-state index in [0.29, 0.717) is 5.25 Å². The van der Waals surface area contributed by atoms with E-state index in [4.69, 9.17) is 15.9 Å². The van der Waals surface area contributed by atoms with Crippen LogP contribution in [-0.4, -0.2) is 23.1 Å². The molecule has 2 unspecified atom stereocenters. The minimum absolute atomic E-state index is 0.197. The minimum atomic E-state index is 0.197. The zero-order valence-corrected chi connectivity index (χ0v) is 6.78. The summed E-state index contributed by atoms with van der Waals surface area (Å²) < 4.78 is 5.29. The first-order valence-corrected chi connectivity index (χ1v) is 4.20. The number of hydrogen-bond acceptors (Lipinski definition) is 3. The van der Waals surface area contributed by atoms with Gasteiger partial charge in [0.1, 0.15) is 0 Å². The van der Waals surface area contributed by atoms with E-state index in [1.807, 2.05) is 6.92 Å². The first-order valence-electron chi connectivity index (χ1n) is 3.32. The minimum Gasteiger partial charge on any atom is -0.379 e. The monoisotopic (exact) mass is 160 g/mol. The summed E-state index contributed by atoms with van der Waals surface area (Å²) in [6, 6.07) is 0. The SMILES string of the molecule is CC1OCCC1SC(=N)N. The summed E-state index contributed by atoms with van der Waals surface area (Å²) in [6.07, 6.45) is 1.28. The number of ether oxygens (including phenoxy) is 1. The Labute approximate surface area is 64.8 Å². The molecule has 2 atom stereocenters. The standard InChI is InChI=1S/C6H12N2OS/c1-4-5(2-3-9-4)10-6(7)8/h4-5H,2-3H2,1H3,(H3,7,8). The van der Waals surface area contributed by atoms with E-state index in [-0.39, 0.29) is 11.3 Å². The second-order valence-electron chi connectivity index (χ2n) is 2.39. The Bertz CT molecular complexity index is 140. The molecule has 0 amide bonds. The van der Waals surface area contributed by atoms with E-state index < -0.39 is 0 Å². The molecule has 3 nitrogen and oxygen atoms in total. The molecule has 10 heavy (non-hydrogen) atoms. The van der Waals surface area contributed by atoms with Crippen LogP contribution in [0, 0.1) is 5.41 Å². The smallest absolute Gasteiger partial charge is 0.151 e. The van der Waals surface area contributed by atoms with Crippen molar-refractivity contribution in [2.24, 2.45) is 5.73 Å². The van der Waals surface area contributed by atoms with Gasteiger partial charge in [-0.3, -0.25) is 5.41 Å². The van der Waals surface area contributed by atoms with Gasteiger partial charge in [0, 0.05) is 11.9 Å². The van der Waals surface area contributed by atoms with Crippen LogP contribution in [0.1, 0.15) is 13.3 Å². The lowest BCUT2D eigenvalue weighted by Gasteiger charge is -2.10. The van der Waals surface area contributed by atoms with Crippen molar-refractivity contribution in [3.63, 3.8) is 0 Å². The average Bonchev–Trinajstić information content (AvgIpc) is 2.15. The molecular formula is C6H12N2OS. The van der Waals surface area contributed by atoms with E-state index in [9.17, 15) is 0 Å². The summed E-state index contributed by atoms with van der Waals surface area (Å²) in [7, 11) is 0. The molecule has 0 aromatic carbocycles. The van der Waals surface area contributed by atoms with Crippen LogP contribution in [0.15, 0.2) is 0 Å². The molecule has 0 bridgehead atoms. The molecule has 1 fully saturated rings. The lowest BCUT2D eigenvalue weighted by atomic mass is 10.3. The normalized spacial score (nSPS) is 32.5. The average molecular weight is 160 g/mol. The van der Waals surface area contributed by atoms with Crippen LogP contribution in [-0.2, 0) is 4.74 Å². The molecule has 0 radical (unpaired) electrons. The predicted octanol–water partition coefficient (Wildman–Crippen LogP) is 0.790. The third-order valence-electron chi connectivity index (χ3n) is 1.59. The van der Waals surface area contributed by atoms with Crippen molar-refractivity contribution >= 4 is 16.9 Å². The van der Waals surface area contributed by atoms with Crippen molar-refractivity contribution in [3.05, 3.63) is 0 Å². The molecule has 0 spiro atoms. The number of thioether (sulfide) groups is 1. The Hall–Kier alpha value is -0.220. The van der Waals surface area contributed by atoms with Crippen molar-refractivity contribution < 1.29 is 4.74 Å². The highest BCUT2D eigenvalue weighted by Gasteiger charge is 2.25. The number of nitrogens with two attached hydrogens (primary N) is 1. The molecule has 1 saturated heterocycles. The molecule has 4 heteroatoms. The van der Waals surface area contributed by atoms with Gasteiger partial charge in [0.15, 0.2) is 5.17 Å². The maximum atomic E-state index is 7.03. The van der Waals surface area contributed by atoms with Crippen LogP contribution >= 0.6 is 11.8 Å². The quantitative estimate of drug-likeness (QED) is 0.440. The number of amidine groups is 1. The Kier molecular flexibility index (Phi) is 2.56. The van der Waals surface area contributed by atoms with Gasteiger partial charge in [0.2, 0.25) is 0 Å². The van der Waals surface area contributed by atoms with Gasteiger partial charge in [-0.2, -0.15) is 0 Å². The fourth-order valence-electron chi connectivity index (χ4n) is 1.03. The fraction of sp³-hybridized carbons (Fsp3) is 0.833. The Balaban J connectivity index is 2.33. The topological polar surface area (TPSA) is 59.1 Å². The second kappa shape index (κ2) is 3.25. The number of nitrogens with one attached hydrogen (secondary N) is 1. The predicted molar refractivity (Wildman–Crippen MR) is 43.3 cm³/mol. The molecule has 0 saturated carbocycles. The lowest BCUT2D eigenvalue weighted by Crippen LogP contribution is -2.18. The summed E-state index contributed by atoms with van der Waals surface area (Å²) in [5.41, 5.74) is 5.23. The highest BCUT2D eigenvalue weighted by molar-refractivity contribution is 8.14. The molecule has 0 aliphatic carbocycles. The van der Waals surface area contributed by atoms with Crippen LogP contribution < -0.4 is 5.73 Å². The molecule has 1 heterocycles. The van der Waals surface area contributed by atoms with E-state index in [1.165, 1.54) is 11.8 Å². The van der Waals surface area contributed by atoms with Crippen LogP contribution in [0.25, 0.3) is 0 Å².